The van der Waals surface area contributed by atoms with Crippen LogP contribution in [-0.2, 0) is 4.79 Å². The van der Waals surface area contributed by atoms with Crippen molar-refractivity contribution in [2.24, 2.45) is 5.73 Å². The number of amides is 1. The quantitative estimate of drug-likeness (QED) is 0.802. The second kappa shape index (κ2) is 4.32. The molecule has 5 heteroatoms. The Morgan fingerprint density at radius 3 is 2.71 bits per heavy atom. The van der Waals surface area contributed by atoms with Crippen LogP contribution < -0.4 is 16.2 Å². The number of hydrogen-bond acceptors (Lipinski definition) is 3. The Hall–Kier alpha value is -1.23. The SMILES string of the molecule is CC(Oc1ccc(Br)cc1N)C(N)=O. The lowest BCUT2D eigenvalue weighted by Gasteiger charge is -2.12. The van der Waals surface area contributed by atoms with Crippen LogP contribution in [0.25, 0.3) is 0 Å². The Morgan fingerprint density at radius 1 is 1.57 bits per heavy atom. The van der Waals surface area contributed by atoms with Crippen LogP contribution in [0.3, 0.4) is 0 Å². The number of ether oxygens (including phenoxy) is 1. The molecule has 0 aliphatic rings. The lowest BCUT2D eigenvalue weighted by Crippen LogP contribution is -2.30. The normalized spacial score (nSPS) is 12.1. The summed E-state index contributed by atoms with van der Waals surface area (Å²) in [7, 11) is 0. The molecular formula is C9H11BrN2O2. The van der Waals surface area contributed by atoms with E-state index in [0.29, 0.717) is 11.4 Å². The molecule has 1 atom stereocenters. The van der Waals surface area contributed by atoms with Crippen LogP contribution in [0.4, 0.5) is 5.69 Å². The predicted octanol–water partition coefficient (Wildman–Crippen LogP) is 1.28. The largest absolute Gasteiger partial charge is 0.479 e. The summed E-state index contributed by atoms with van der Waals surface area (Å²) in [5, 5.41) is 0. The van der Waals surface area contributed by atoms with Crippen LogP contribution in [0.1, 0.15) is 6.92 Å². The number of primary amides is 1. The number of nitrogen functional groups attached to an aromatic ring is 1. The van der Waals surface area contributed by atoms with Gasteiger partial charge in [0.2, 0.25) is 0 Å². The number of benzene rings is 1. The van der Waals surface area contributed by atoms with Crippen molar-refractivity contribution >= 4 is 27.5 Å². The highest BCUT2D eigenvalue weighted by molar-refractivity contribution is 9.10. The van der Waals surface area contributed by atoms with E-state index >= 15 is 0 Å². The van der Waals surface area contributed by atoms with Crippen molar-refractivity contribution in [3.05, 3.63) is 22.7 Å². The van der Waals surface area contributed by atoms with Gasteiger partial charge in [-0.15, -0.1) is 0 Å². The molecule has 1 unspecified atom stereocenters. The van der Waals surface area contributed by atoms with Crippen molar-refractivity contribution in [1.29, 1.82) is 0 Å². The minimum atomic E-state index is -0.682. The van der Waals surface area contributed by atoms with Gasteiger partial charge in [0.1, 0.15) is 5.75 Å². The van der Waals surface area contributed by atoms with Gasteiger partial charge in [0, 0.05) is 4.47 Å². The van der Waals surface area contributed by atoms with E-state index < -0.39 is 12.0 Å². The third-order valence-corrected chi connectivity index (χ3v) is 2.17. The van der Waals surface area contributed by atoms with Crippen molar-refractivity contribution < 1.29 is 9.53 Å². The fourth-order valence-electron chi connectivity index (χ4n) is 0.875. The molecule has 0 bridgehead atoms. The van der Waals surface area contributed by atoms with E-state index in [1.807, 2.05) is 0 Å². The second-order valence-corrected chi connectivity index (χ2v) is 3.76. The third-order valence-electron chi connectivity index (χ3n) is 1.68. The summed E-state index contributed by atoms with van der Waals surface area (Å²) < 4.78 is 6.10. The molecule has 4 N–H and O–H groups in total. The minimum absolute atomic E-state index is 0.458. The van der Waals surface area contributed by atoms with Gasteiger partial charge in [-0.1, -0.05) is 15.9 Å². The zero-order chi connectivity index (χ0) is 10.7. The summed E-state index contributed by atoms with van der Waals surface area (Å²) in [6.07, 6.45) is -0.682. The van der Waals surface area contributed by atoms with Gasteiger partial charge in [0.05, 0.1) is 5.69 Å². The van der Waals surface area contributed by atoms with Crippen molar-refractivity contribution in [3.63, 3.8) is 0 Å². The molecule has 1 amide bonds. The number of carbonyl (C=O) groups is 1. The molecule has 76 valence electrons. The highest BCUT2D eigenvalue weighted by Gasteiger charge is 2.11. The van der Waals surface area contributed by atoms with Gasteiger partial charge in [0.15, 0.2) is 6.10 Å². The first-order valence-corrected chi connectivity index (χ1v) is 4.81. The van der Waals surface area contributed by atoms with Crippen molar-refractivity contribution in [1.82, 2.24) is 0 Å². The van der Waals surface area contributed by atoms with E-state index in [1.54, 1.807) is 25.1 Å². The number of hydrogen-bond donors (Lipinski definition) is 2. The van der Waals surface area contributed by atoms with Crippen LogP contribution in [0.5, 0.6) is 5.75 Å². The summed E-state index contributed by atoms with van der Waals surface area (Å²) >= 11 is 3.26. The lowest BCUT2D eigenvalue weighted by molar-refractivity contribution is -0.123. The molecule has 0 fully saturated rings. The predicted molar refractivity (Wildman–Crippen MR) is 57.8 cm³/mol. The van der Waals surface area contributed by atoms with Crippen molar-refractivity contribution in [2.45, 2.75) is 13.0 Å². The zero-order valence-corrected chi connectivity index (χ0v) is 9.24. The van der Waals surface area contributed by atoms with Crippen molar-refractivity contribution in [3.8, 4) is 5.75 Å². The van der Waals surface area contributed by atoms with Crippen LogP contribution in [0.2, 0.25) is 0 Å². The molecule has 0 heterocycles. The van der Waals surface area contributed by atoms with Gasteiger partial charge in [-0.05, 0) is 25.1 Å². The highest BCUT2D eigenvalue weighted by Crippen LogP contribution is 2.25. The molecule has 0 aliphatic heterocycles. The van der Waals surface area contributed by atoms with Gasteiger partial charge >= 0.3 is 0 Å². The monoisotopic (exact) mass is 258 g/mol. The van der Waals surface area contributed by atoms with Gasteiger partial charge in [-0.3, -0.25) is 4.79 Å². The molecule has 0 saturated carbocycles. The topological polar surface area (TPSA) is 78.3 Å². The van der Waals surface area contributed by atoms with E-state index in [-0.39, 0.29) is 0 Å². The van der Waals surface area contributed by atoms with E-state index in [9.17, 15) is 4.79 Å². The fourth-order valence-corrected chi connectivity index (χ4v) is 1.25. The summed E-state index contributed by atoms with van der Waals surface area (Å²) in [6, 6.07) is 5.15. The van der Waals surface area contributed by atoms with Crippen molar-refractivity contribution in [2.75, 3.05) is 5.73 Å². The Morgan fingerprint density at radius 2 is 2.21 bits per heavy atom. The molecule has 1 aromatic carbocycles. The minimum Gasteiger partial charge on any atom is -0.479 e. The summed E-state index contributed by atoms with van der Waals surface area (Å²) in [6.45, 7) is 1.57. The molecule has 0 aliphatic carbocycles. The standard InChI is InChI=1S/C9H11BrN2O2/c1-5(9(12)13)14-8-3-2-6(10)4-7(8)11/h2-5H,11H2,1H3,(H2,12,13). The molecule has 0 saturated heterocycles. The average Bonchev–Trinajstić information content (AvgIpc) is 2.09. The van der Waals surface area contributed by atoms with Crippen LogP contribution >= 0.6 is 15.9 Å². The maximum Gasteiger partial charge on any atom is 0.258 e. The summed E-state index contributed by atoms with van der Waals surface area (Å²) in [5.41, 5.74) is 11.2. The Balaban J connectivity index is 2.82. The van der Waals surface area contributed by atoms with Crippen LogP contribution in [0, 0.1) is 0 Å². The molecule has 14 heavy (non-hydrogen) atoms. The third kappa shape index (κ3) is 2.63. The number of rotatable bonds is 3. The van der Waals surface area contributed by atoms with E-state index in [0.717, 1.165) is 4.47 Å². The summed E-state index contributed by atoms with van der Waals surface area (Å²) in [4.78, 5) is 10.7. The number of carbonyl (C=O) groups excluding carboxylic acids is 1. The van der Waals surface area contributed by atoms with Gasteiger partial charge in [-0.25, -0.2) is 0 Å². The Labute approximate surface area is 90.3 Å². The van der Waals surface area contributed by atoms with Gasteiger partial charge in [-0.2, -0.15) is 0 Å². The molecule has 1 rings (SSSR count). The zero-order valence-electron chi connectivity index (χ0n) is 7.66. The van der Waals surface area contributed by atoms with E-state index in [1.165, 1.54) is 0 Å². The first-order chi connectivity index (χ1) is 6.50. The highest BCUT2D eigenvalue weighted by atomic mass is 79.9. The van der Waals surface area contributed by atoms with Gasteiger partial charge in [0.25, 0.3) is 5.91 Å². The van der Waals surface area contributed by atoms with Crippen LogP contribution in [-0.4, -0.2) is 12.0 Å². The lowest BCUT2D eigenvalue weighted by atomic mass is 10.3. The first kappa shape index (κ1) is 10.8. The molecular weight excluding hydrogens is 248 g/mol. The van der Waals surface area contributed by atoms with E-state index in [2.05, 4.69) is 15.9 Å². The second-order valence-electron chi connectivity index (χ2n) is 2.84. The first-order valence-electron chi connectivity index (χ1n) is 4.01. The maximum atomic E-state index is 10.7. The molecule has 4 nitrogen and oxygen atoms in total. The Bertz CT molecular complexity index is 355. The maximum absolute atomic E-state index is 10.7. The van der Waals surface area contributed by atoms with E-state index in [4.69, 9.17) is 16.2 Å². The summed E-state index contributed by atoms with van der Waals surface area (Å²) in [5.74, 6) is -0.0631. The molecule has 0 spiro atoms. The molecule has 0 aromatic heterocycles. The smallest absolute Gasteiger partial charge is 0.258 e. The molecule has 0 radical (unpaired) electrons. The fraction of sp³-hybridized carbons (Fsp3) is 0.222. The molecule has 1 aromatic rings. The number of nitrogens with two attached hydrogens (primary N) is 2. The number of halogens is 1. The number of anilines is 1. The Kier molecular flexibility index (Phi) is 3.35. The van der Waals surface area contributed by atoms with Crippen LogP contribution in [0.15, 0.2) is 22.7 Å². The van der Waals surface area contributed by atoms with Gasteiger partial charge < -0.3 is 16.2 Å². The average molecular weight is 259 g/mol.